The summed E-state index contributed by atoms with van der Waals surface area (Å²) in [6, 6.07) is 0. The van der Waals surface area contributed by atoms with Crippen LogP contribution in [0.25, 0.3) is 0 Å². The molecule has 1 aliphatic rings. The minimum atomic E-state index is 0.135. The average Bonchev–Trinajstić information content (AvgIpc) is 2.42. The lowest BCUT2D eigenvalue weighted by Gasteiger charge is -2.29. The van der Waals surface area contributed by atoms with Crippen LogP contribution in [-0.2, 0) is 9.53 Å². The molecule has 0 aromatic carbocycles. The molecule has 0 bridgehead atoms. The van der Waals surface area contributed by atoms with Crippen molar-refractivity contribution in [1.82, 2.24) is 5.32 Å². The Balaban J connectivity index is 2.12. The Bertz CT molecular complexity index is 257. The SMILES string of the molecule is CC(C)COCCCNC(=O)C1CCCCC1CN. The van der Waals surface area contributed by atoms with Crippen molar-refractivity contribution in [1.29, 1.82) is 0 Å². The largest absolute Gasteiger partial charge is 0.381 e. The molecule has 0 spiro atoms. The number of carbonyl (C=O) groups is 1. The zero-order chi connectivity index (χ0) is 14.1. The van der Waals surface area contributed by atoms with Crippen LogP contribution in [0, 0.1) is 17.8 Å². The van der Waals surface area contributed by atoms with E-state index in [0.29, 0.717) is 24.9 Å². The Kier molecular flexibility index (Phi) is 8.07. The van der Waals surface area contributed by atoms with Gasteiger partial charge in [0.25, 0.3) is 0 Å². The first-order valence-corrected chi connectivity index (χ1v) is 7.70. The van der Waals surface area contributed by atoms with Gasteiger partial charge in [-0.1, -0.05) is 26.7 Å². The molecule has 0 radical (unpaired) electrons. The number of nitrogens with one attached hydrogen (secondary N) is 1. The number of rotatable bonds is 8. The molecule has 112 valence electrons. The molecule has 1 rings (SSSR count). The Morgan fingerprint density at radius 2 is 2.11 bits per heavy atom. The summed E-state index contributed by atoms with van der Waals surface area (Å²) in [5.41, 5.74) is 5.75. The molecule has 0 aliphatic heterocycles. The molecule has 2 atom stereocenters. The summed E-state index contributed by atoms with van der Waals surface area (Å²) in [6.45, 7) is 7.14. The van der Waals surface area contributed by atoms with E-state index in [1.54, 1.807) is 0 Å². The van der Waals surface area contributed by atoms with Crippen LogP contribution in [0.3, 0.4) is 0 Å². The molecule has 1 saturated carbocycles. The van der Waals surface area contributed by atoms with Crippen LogP contribution >= 0.6 is 0 Å². The van der Waals surface area contributed by atoms with Crippen LogP contribution in [0.4, 0.5) is 0 Å². The number of amides is 1. The predicted octanol–water partition coefficient (Wildman–Crippen LogP) is 1.93. The molecule has 4 nitrogen and oxygen atoms in total. The molecule has 1 amide bonds. The zero-order valence-electron chi connectivity index (χ0n) is 12.5. The molecule has 0 saturated heterocycles. The lowest BCUT2D eigenvalue weighted by Crippen LogP contribution is -2.39. The van der Waals surface area contributed by atoms with Crippen molar-refractivity contribution in [2.24, 2.45) is 23.5 Å². The summed E-state index contributed by atoms with van der Waals surface area (Å²) in [5, 5.41) is 3.03. The van der Waals surface area contributed by atoms with E-state index in [1.807, 2.05) is 0 Å². The van der Waals surface area contributed by atoms with Gasteiger partial charge in [0.05, 0.1) is 0 Å². The van der Waals surface area contributed by atoms with Crippen LogP contribution < -0.4 is 11.1 Å². The summed E-state index contributed by atoms with van der Waals surface area (Å²) in [6.07, 6.45) is 5.36. The standard InChI is InChI=1S/C15H30N2O2/c1-12(2)11-19-9-5-8-17-15(18)14-7-4-3-6-13(14)10-16/h12-14H,3-11,16H2,1-2H3,(H,17,18). The molecular formula is C15H30N2O2. The highest BCUT2D eigenvalue weighted by atomic mass is 16.5. The number of nitrogens with two attached hydrogens (primary N) is 1. The third-order valence-corrected chi connectivity index (χ3v) is 3.76. The Morgan fingerprint density at radius 3 is 2.79 bits per heavy atom. The van der Waals surface area contributed by atoms with E-state index in [-0.39, 0.29) is 11.8 Å². The Labute approximate surface area is 117 Å². The van der Waals surface area contributed by atoms with E-state index in [1.165, 1.54) is 6.42 Å². The molecular weight excluding hydrogens is 240 g/mol. The van der Waals surface area contributed by atoms with Crippen LogP contribution in [0.15, 0.2) is 0 Å². The van der Waals surface area contributed by atoms with Gasteiger partial charge in [-0.2, -0.15) is 0 Å². The van der Waals surface area contributed by atoms with Crippen molar-refractivity contribution < 1.29 is 9.53 Å². The van der Waals surface area contributed by atoms with E-state index in [0.717, 1.165) is 38.9 Å². The average molecular weight is 270 g/mol. The quantitative estimate of drug-likeness (QED) is 0.662. The van der Waals surface area contributed by atoms with Crippen molar-refractivity contribution in [3.63, 3.8) is 0 Å². The van der Waals surface area contributed by atoms with Gasteiger partial charge in [-0.3, -0.25) is 4.79 Å². The Hall–Kier alpha value is -0.610. The van der Waals surface area contributed by atoms with Crippen LogP contribution in [0.1, 0.15) is 46.0 Å². The highest BCUT2D eigenvalue weighted by Crippen LogP contribution is 2.29. The lowest BCUT2D eigenvalue weighted by atomic mass is 9.79. The van der Waals surface area contributed by atoms with Crippen molar-refractivity contribution in [2.45, 2.75) is 46.0 Å². The van der Waals surface area contributed by atoms with E-state index in [9.17, 15) is 4.79 Å². The third-order valence-electron chi connectivity index (χ3n) is 3.76. The first-order valence-electron chi connectivity index (χ1n) is 7.70. The minimum Gasteiger partial charge on any atom is -0.381 e. The van der Waals surface area contributed by atoms with Gasteiger partial charge >= 0.3 is 0 Å². The normalized spacial score (nSPS) is 23.6. The maximum atomic E-state index is 12.1. The minimum absolute atomic E-state index is 0.135. The molecule has 0 heterocycles. The summed E-state index contributed by atoms with van der Waals surface area (Å²) in [7, 11) is 0. The van der Waals surface area contributed by atoms with Crippen molar-refractivity contribution in [2.75, 3.05) is 26.3 Å². The zero-order valence-corrected chi connectivity index (χ0v) is 12.5. The second kappa shape index (κ2) is 9.32. The molecule has 1 fully saturated rings. The molecule has 0 aromatic rings. The summed E-state index contributed by atoms with van der Waals surface area (Å²) in [5.74, 6) is 1.28. The van der Waals surface area contributed by atoms with Gasteiger partial charge in [0.15, 0.2) is 0 Å². The predicted molar refractivity (Wildman–Crippen MR) is 77.8 cm³/mol. The fourth-order valence-corrected chi connectivity index (χ4v) is 2.67. The first kappa shape index (κ1) is 16.4. The molecule has 1 aliphatic carbocycles. The fraction of sp³-hybridized carbons (Fsp3) is 0.933. The number of hydrogen-bond donors (Lipinski definition) is 2. The van der Waals surface area contributed by atoms with Crippen molar-refractivity contribution in [3.05, 3.63) is 0 Å². The maximum absolute atomic E-state index is 12.1. The van der Waals surface area contributed by atoms with Gasteiger partial charge in [0.1, 0.15) is 0 Å². The number of hydrogen-bond acceptors (Lipinski definition) is 3. The highest BCUT2D eigenvalue weighted by Gasteiger charge is 2.29. The van der Waals surface area contributed by atoms with Gasteiger partial charge in [0, 0.05) is 25.7 Å². The van der Waals surface area contributed by atoms with Gasteiger partial charge in [-0.05, 0) is 37.6 Å². The van der Waals surface area contributed by atoms with E-state index in [4.69, 9.17) is 10.5 Å². The molecule has 3 N–H and O–H groups in total. The molecule has 19 heavy (non-hydrogen) atoms. The summed E-state index contributed by atoms with van der Waals surface area (Å²) in [4.78, 5) is 12.1. The Morgan fingerprint density at radius 1 is 1.37 bits per heavy atom. The van der Waals surface area contributed by atoms with Crippen molar-refractivity contribution >= 4 is 5.91 Å². The van der Waals surface area contributed by atoms with Crippen LogP contribution in [-0.4, -0.2) is 32.2 Å². The number of carbonyl (C=O) groups excluding carboxylic acids is 1. The monoisotopic (exact) mass is 270 g/mol. The van der Waals surface area contributed by atoms with Gasteiger partial charge < -0.3 is 15.8 Å². The molecule has 2 unspecified atom stereocenters. The maximum Gasteiger partial charge on any atom is 0.223 e. The third kappa shape index (κ3) is 6.39. The smallest absolute Gasteiger partial charge is 0.223 e. The van der Waals surface area contributed by atoms with Gasteiger partial charge in [0.2, 0.25) is 5.91 Å². The highest BCUT2D eigenvalue weighted by molar-refractivity contribution is 5.79. The second-order valence-corrected chi connectivity index (χ2v) is 6.00. The van der Waals surface area contributed by atoms with Gasteiger partial charge in [-0.15, -0.1) is 0 Å². The van der Waals surface area contributed by atoms with E-state index in [2.05, 4.69) is 19.2 Å². The molecule has 0 aromatic heterocycles. The van der Waals surface area contributed by atoms with Crippen LogP contribution in [0.2, 0.25) is 0 Å². The van der Waals surface area contributed by atoms with Crippen molar-refractivity contribution in [3.8, 4) is 0 Å². The second-order valence-electron chi connectivity index (χ2n) is 6.00. The van der Waals surface area contributed by atoms with E-state index >= 15 is 0 Å². The summed E-state index contributed by atoms with van der Waals surface area (Å²) >= 11 is 0. The fourth-order valence-electron chi connectivity index (χ4n) is 2.67. The van der Waals surface area contributed by atoms with Gasteiger partial charge in [-0.25, -0.2) is 0 Å². The van der Waals surface area contributed by atoms with Crippen LogP contribution in [0.5, 0.6) is 0 Å². The first-order chi connectivity index (χ1) is 9.15. The lowest BCUT2D eigenvalue weighted by molar-refractivity contribution is -0.127. The topological polar surface area (TPSA) is 64.3 Å². The van der Waals surface area contributed by atoms with E-state index < -0.39 is 0 Å². The molecule has 4 heteroatoms. The summed E-state index contributed by atoms with van der Waals surface area (Å²) < 4.78 is 5.49. The number of ether oxygens (including phenoxy) is 1.